The first kappa shape index (κ1) is 12.5. The predicted molar refractivity (Wildman–Crippen MR) is 59.7 cm³/mol. The fraction of sp³-hybridized carbons (Fsp3) is 0.909. The molecule has 1 fully saturated rings. The van der Waals surface area contributed by atoms with E-state index >= 15 is 0 Å². The third-order valence-corrected chi connectivity index (χ3v) is 3.08. The van der Waals surface area contributed by atoms with Crippen LogP contribution in [0.1, 0.15) is 26.7 Å². The summed E-state index contributed by atoms with van der Waals surface area (Å²) in [5.74, 6) is -0.173. The Balaban J connectivity index is 2.26. The second-order valence-corrected chi connectivity index (χ2v) is 4.12. The topological polar surface area (TPSA) is 41.6 Å². The van der Waals surface area contributed by atoms with Crippen LogP contribution in [0.2, 0.25) is 0 Å². The van der Waals surface area contributed by atoms with E-state index in [2.05, 4.69) is 21.9 Å². The Hall–Kier alpha value is -0.610. The molecule has 0 aromatic heterocycles. The molecule has 1 heterocycles. The number of hydrogen-bond acceptors (Lipinski definition) is 4. The molecule has 1 rings (SSSR count). The normalized spacial score (nSPS) is 21.3. The standard InChI is InChI=1S/C11H22N2O2/c1-4-13-7-5-10(6-8-13)12-9(2)11(14)15-3/h9-10,12H,4-8H2,1-3H3. The van der Waals surface area contributed by atoms with Gasteiger partial charge in [0.1, 0.15) is 6.04 Å². The van der Waals surface area contributed by atoms with E-state index < -0.39 is 0 Å². The van der Waals surface area contributed by atoms with Crippen molar-refractivity contribution in [2.45, 2.75) is 38.8 Å². The highest BCUT2D eigenvalue weighted by Crippen LogP contribution is 2.10. The number of ether oxygens (including phenoxy) is 1. The Morgan fingerprint density at radius 1 is 1.53 bits per heavy atom. The lowest BCUT2D eigenvalue weighted by molar-refractivity contribution is -0.142. The second-order valence-electron chi connectivity index (χ2n) is 4.12. The number of rotatable bonds is 4. The van der Waals surface area contributed by atoms with Crippen molar-refractivity contribution in [2.24, 2.45) is 0 Å². The third kappa shape index (κ3) is 3.80. The molecule has 88 valence electrons. The van der Waals surface area contributed by atoms with E-state index in [-0.39, 0.29) is 12.0 Å². The maximum absolute atomic E-state index is 11.2. The Morgan fingerprint density at radius 3 is 2.60 bits per heavy atom. The zero-order valence-corrected chi connectivity index (χ0v) is 9.95. The van der Waals surface area contributed by atoms with Crippen molar-refractivity contribution in [2.75, 3.05) is 26.7 Å². The molecule has 0 aromatic carbocycles. The number of carbonyl (C=O) groups is 1. The predicted octanol–water partition coefficient (Wildman–Crippen LogP) is 0.622. The molecule has 4 heteroatoms. The molecule has 0 saturated carbocycles. The lowest BCUT2D eigenvalue weighted by atomic mass is 10.0. The van der Waals surface area contributed by atoms with E-state index in [0.717, 1.165) is 32.5 Å². The number of esters is 1. The van der Waals surface area contributed by atoms with Gasteiger partial charge < -0.3 is 15.0 Å². The van der Waals surface area contributed by atoms with Crippen molar-refractivity contribution in [3.8, 4) is 0 Å². The number of nitrogens with one attached hydrogen (secondary N) is 1. The van der Waals surface area contributed by atoms with Crippen LogP contribution < -0.4 is 5.32 Å². The van der Waals surface area contributed by atoms with E-state index in [1.165, 1.54) is 7.11 Å². The summed E-state index contributed by atoms with van der Waals surface area (Å²) in [4.78, 5) is 13.6. The highest BCUT2D eigenvalue weighted by atomic mass is 16.5. The van der Waals surface area contributed by atoms with Gasteiger partial charge in [-0.05, 0) is 39.4 Å². The fourth-order valence-electron chi connectivity index (χ4n) is 2.01. The van der Waals surface area contributed by atoms with Crippen LogP contribution in [-0.2, 0) is 9.53 Å². The maximum atomic E-state index is 11.2. The van der Waals surface area contributed by atoms with E-state index in [1.54, 1.807) is 0 Å². The summed E-state index contributed by atoms with van der Waals surface area (Å²) in [6, 6.07) is 0.273. The van der Waals surface area contributed by atoms with Crippen molar-refractivity contribution < 1.29 is 9.53 Å². The van der Waals surface area contributed by atoms with E-state index in [1.807, 2.05) is 6.92 Å². The van der Waals surface area contributed by atoms with Crippen LogP contribution >= 0.6 is 0 Å². The molecule has 0 amide bonds. The first-order valence-corrected chi connectivity index (χ1v) is 5.73. The summed E-state index contributed by atoms with van der Waals surface area (Å²) in [6.45, 7) is 7.42. The van der Waals surface area contributed by atoms with Gasteiger partial charge in [0.15, 0.2) is 0 Å². The molecule has 1 saturated heterocycles. The minimum Gasteiger partial charge on any atom is -0.468 e. The van der Waals surface area contributed by atoms with Crippen LogP contribution in [0.5, 0.6) is 0 Å². The van der Waals surface area contributed by atoms with Crippen LogP contribution in [0.25, 0.3) is 0 Å². The molecule has 1 aliphatic rings. The fourth-order valence-corrected chi connectivity index (χ4v) is 2.01. The SMILES string of the molecule is CCN1CCC(NC(C)C(=O)OC)CC1. The van der Waals surface area contributed by atoms with Gasteiger partial charge in [0, 0.05) is 6.04 Å². The summed E-state index contributed by atoms with van der Waals surface area (Å²) >= 11 is 0. The van der Waals surface area contributed by atoms with Gasteiger partial charge in [-0.1, -0.05) is 6.92 Å². The Morgan fingerprint density at radius 2 is 2.13 bits per heavy atom. The quantitative estimate of drug-likeness (QED) is 0.697. The zero-order chi connectivity index (χ0) is 11.3. The monoisotopic (exact) mass is 214 g/mol. The van der Waals surface area contributed by atoms with E-state index in [9.17, 15) is 4.79 Å². The molecule has 1 atom stereocenters. The van der Waals surface area contributed by atoms with Gasteiger partial charge in [0.25, 0.3) is 0 Å². The highest BCUT2D eigenvalue weighted by Gasteiger charge is 2.22. The van der Waals surface area contributed by atoms with E-state index in [0.29, 0.717) is 6.04 Å². The lowest BCUT2D eigenvalue weighted by Gasteiger charge is -2.32. The second kappa shape index (κ2) is 6.08. The molecular weight excluding hydrogens is 192 g/mol. The molecular formula is C11H22N2O2. The molecule has 0 aromatic rings. The van der Waals surface area contributed by atoms with Gasteiger partial charge >= 0.3 is 5.97 Å². The average Bonchev–Trinajstić information content (AvgIpc) is 2.29. The van der Waals surface area contributed by atoms with Crippen molar-refractivity contribution in [1.82, 2.24) is 10.2 Å². The highest BCUT2D eigenvalue weighted by molar-refractivity contribution is 5.75. The molecule has 15 heavy (non-hydrogen) atoms. The lowest BCUT2D eigenvalue weighted by Crippen LogP contribution is -2.47. The summed E-state index contributed by atoms with van der Waals surface area (Å²) in [5.41, 5.74) is 0. The van der Waals surface area contributed by atoms with Crippen molar-refractivity contribution in [3.63, 3.8) is 0 Å². The summed E-state index contributed by atoms with van der Waals surface area (Å²) in [7, 11) is 1.43. The first-order valence-electron chi connectivity index (χ1n) is 5.73. The number of likely N-dealkylation sites (tertiary alicyclic amines) is 1. The third-order valence-electron chi connectivity index (χ3n) is 3.08. The minimum absolute atomic E-state index is 0.173. The van der Waals surface area contributed by atoms with Crippen LogP contribution in [0.15, 0.2) is 0 Å². The molecule has 0 spiro atoms. The van der Waals surface area contributed by atoms with Gasteiger partial charge in [-0.15, -0.1) is 0 Å². The molecule has 0 radical (unpaired) electrons. The van der Waals surface area contributed by atoms with Crippen LogP contribution in [0.3, 0.4) is 0 Å². The molecule has 1 unspecified atom stereocenters. The van der Waals surface area contributed by atoms with Gasteiger partial charge in [-0.25, -0.2) is 0 Å². The summed E-state index contributed by atoms with van der Waals surface area (Å²) in [5, 5.41) is 3.31. The van der Waals surface area contributed by atoms with Crippen LogP contribution in [0.4, 0.5) is 0 Å². The summed E-state index contributed by atoms with van der Waals surface area (Å²) < 4.78 is 4.68. The minimum atomic E-state index is -0.187. The molecule has 4 nitrogen and oxygen atoms in total. The van der Waals surface area contributed by atoms with Crippen LogP contribution in [-0.4, -0.2) is 49.7 Å². The van der Waals surface area contributed by atoms with Crippen molar-refractivity contribution in [1.29, 1.82) is 0 Å². The van der Waals surface area contributed by atoms with E-state index in [4.69, 9.17) is 0 Å². The molecule has 1 N–H and O–H groups in total. The largest absolute Gasteiger partial charge is 0.468 e. The average molecular weight is 214 g/mol. The van der Waals surface area contributed by atoms with Crippen molar-refractivity contribution >= 4 is 5.97 Å². The first-order chi connectivity index (χ1) is 7.17. The van der Waals surface area contributed by atoms with Gasteiger partial charge in [0.2, 0.25) is 0 Å². The Bertz CT molecular complexity index is 201. The van der Waals surface area contributed by atoms with Crippen molar-refractivity contribution in [3.05, 3.63) is 0 Å². The van der Waals surface area contributed by atoms with Gasteiger partial charge in [-0.2, -0.15) is 0 Å². The number of hydrogen-bond donors (Lipinski definition) is 1. The molecule has 0 bridgehead atoms. The Labute approximate surface area is 92.0 Å². The number of methoxy groups -OCH3 is 1. The Kier molecular flexibility index (Phi) is 5.05. The van der Waals surface area contributed by atoms with Gasteiger partial charge in [0.05, 0.1) is 7.11 Å². The van der Waals surface area contributed by atoms with Crippen LogP contribution in [0, 0.1) is 0 Å². The molecule has 1 aliphatic heterocycles. The zero-order valence-electron chi connectivity index (χ0n) is 9.95. The van der Waals surface area contributed by atoms with Gasteiger partial charge in [-0.3, -0.25) is 4.79 Å². The number of nitrogens with zero attached hydrogens (tertiary/aromatic N) is 1. The maximum Gasteiger partial charge on any atom is 0.322 e. The smallest absolute Gasteiger partial charge is 0.322 e. The molecule has 0 aliphatic carbocycles. The number of carbonyl (C=O) groups excluding carboxylic acids is 1. The summed E-state index contributed by atoms with van der Waals surface area (Å²) in [6.07, 6.45) is 2.24. The number of piperidine rings is 1.